The Hall–Kier alpha value is -3.88. The Kier molecular flexibility index (Phi) is 7.01. The standard InChI is InChI=1S/C27H28F3N5O/c1-17-24(20(4)35(33-17)23-12-8-11-22(13-23)27(28,29)30)14-26(36)31-15-25-18(2)32-34(19(25)3)16-21-9-6-5-7-10-21/h5-13H,14-16H2,1-4H3,(H,31,36). The Morgan fingerprint density at radius 2 is 1.58 bits per heavy atom. The summed E-state index contributed by atoms with van der Waals surface area (Å²) in [6.07, 6.45) is -4.37. The molecule has 0 aliphatic rings. The predicted molar refractivity (Wildman–Crippen MR) is 131 cm³/mol. The first kappa shape index (κ1) is 25.2. The Morgan fingerprint density at radius 3 is 2.28 bits per heavy atom. The highest BCUT2D eigenvalue weighted by Crippen LogP contribution is 2.31. The van der Waals surface area contributed by atoms with Crippen LogP contribution in [0.5, 0.6) is 0 Å². The van der Waals surface area contributed by atoms with Crippen molar-refractivity contribution < 1.29 is 18.0 Å². The normalized spacial score (nSPS) is 11.6. The molecule has 0 unspecified atom stereocenters. The first-order chi connectivity index (χ1) is 17.0. The number of amides is 1. The van der Waals surface area contributed by atoms with Crippen molar-refractivity contribution in [2.45, 2.75) is 53.4 Å². The van der Waals surface area contributed by atoms with Gasteiger partial charge in [-0.2, -0.15) is 23.4 Å². The number of halogens is 3. The summed E-state index contributed by atoms with van der Waals surface area (Å²) in [6.45, 7) is 8.40. The number of alkyl halides is 3. The molecular formula is C27H28F3N5O. The van der Waals surface area contributed by atoms with Crippen LogP contribution in [0.1, 0.15) is 45.0 Å². The highest BCUT2D eigenvalue weighted by Gasteiger charge is 2.31. The van der Waals surface area contributed by atoms with Crippen molar-refractivity contribution in [1.82, 2.24) is 24.9 Å². The third-order valence-corrected chi connectivity index (χ3v) is 6.37. The van der Waals surface area contributed by atoms with Crippen LogP contribution in [0.3, 0.4) is 0 Å². The van der Waals surface area contributed by atoms with E-state index < -0.39 is 11.7 Å². The molecule has 1 N–H and O–H groups in total. The second kappa shape index (κ2) is 10.0. The maximum absolute atomic E-state index is 13.1. The summed E-state index contributed by atoms with van der Waals surface area (Å²) >= 11 is 0. The van der Waals surface area contributed by atoms with Crippen LogP contribution in [-0.4, -0.2) is 25.5 Å². The first-order valence-corrected chi connectivity index (χ1v) is 11.6. The molecule has 0 aliphatic heterocycles. The topological polar surface area (TPSA) is 64.7 Å². The summed E-state index contributed by atoms with van der Waals surface area (Å²) in [5, 5.41) is 12.0. The molecular weight excluding hydrogens is 467 g/mol. The molecule has 0 atom stereocenters. The van der Waals surface area contributed by atoms with Gasteiger partial charge in [-0.1, -0.05) is 36.4 Å². The molecule has 2 heterocycles. The number of aromatic nitrogens is 4. The van der Waals surface area contributed by atoms with Gasteiger partial charge in [-0.25, -0.2) is 4.68 Å². The minimum absolute atomic E-state index is 0.0763. The quantitative estimate of drug-likeness (QED) is 0.382. The summed E-state index contributed by atoms with van der Waals surface area (Å²) in [5.41, 5.74) is 5.43. The van der Waals surface area contributed by atoms with Crippen LogP contribution in [0.15, 0.2) is 54.6 Å². The zero-order valence-electron chi connectivity index (χ0n) is 20.6. The minimum Gasteiger partial charge on any atom is -0.352 e. The average molecular weight is 496 g/mol. The Morgan fingerprint density at radius 1 is 0.889 bits per heavy atom. The zero-order valence-corrected chi connectivity index (χ0v) is 20.6. The van der Waals surface area contributed by atoms with Gasteiger partial charge in [0.05, 0.1) is 35.6 Å². The van der Waals surface area contributed by atoms with E-state index in [9.17, 15) is 18.0 Å². The molecule has 1 amide bonds. The fraction of sp³-hybridized carbons (Fsp3) is 0.296. The van der Waals surface area contributed by atoms with Gasteiger partial charge in [0, 0.05) is 29.1 Å². The van der Waals surface area contributed by atoms with Crippen molar-refractivity contribution in [2.75, 3.05) is 0 Å². The molecule has 0 bridgehead atoms. The SMILES string of the molecule is Cc1nn(Cc2ccccc2)c(C)c1CNC(=O)Cc1c(C)nn(-c2cccc(C(F)(F)F)c2)c1C. The van der Waals surface area contributed by atoms with Gasteiger partial charge in [-0.15, -0.1) is 0 Å². The van der Waals surface area contributed by atoms with E-state index in [4.69, 9.17) is 0 Å². The van der Waals surface area contributed by atoms with Crippen molar-refractivity contribution in [3.8, 4) is 5.69 Å². The number of hydrogen-bond acceptors (Lipinski definition) is 3. The molecule has 0 radical (unpaired) electrons. The molecule has 0 fully saturated rings. The molecule has 0 aliphatic carbocycles. The van der Waals surface area contributed by atoms with E-state index in [0.29, 0.717) is 35.7 Å². The Labute approximate surface area is 207 Å². The molecule has 9 heteroatoms. The molecule has 4 aromatic rings. The molecule has 2 aromatic carbocycles. The van der Waals surface area contributed by atoms with E-state index in [1.165, 1.54) is 10.7 Å². The van der Waals surface area contributed by atoms with Gasteiger partial charge in [0.25, 0.3) is 0 Å². The molecule has 0 saturated carbocycles. The van der Waals surface area contributed by atoms with E-state index >= 15 is 0 Å². The average Bonchev–Trinajstić information content (AvgIpc) is 3.27. The van der Waals surface area contributed by atoms with E-state index in [-0.39, 0.29) is 12.3 Å². The van der Waals surface area contributed by atoms with Crippen molar-refractivity contribution in [3.63, 3.8) is 0 Å². The van der Waals surface area contributed by atoms with Gasteiger partial charge in [-0.05, 0) is 51.5 Å². The van der Waals surface area contributed by atoms with Crippen LogP contribution in [0.25, 0.3) is 5.69 Å². The van der Waals surface area contributed by atoms with E-state index in [2.05, 4.69) is 15.5 Å². The molecule has 6 nitrogen and oxygen atoms in total. The number of hydrogen-bond donors (Lipinski definition) is 1. The molecule has 0 saturated heterocycles. The number of aryl methyl sites for hydroxylation is 2. The fourth-order valence-electron chi connectivity index (χ4n) is 4.31. The predicted octanol–water partition coefficient (Wildman–Crippen LogP) is 5.23. The second-order valence-corrected chi connectivity index (χ2v) is 8.86. The summed E-state index contributed by atoms with van der Waals surface area (Å²) in [4.78, 5) is 12.8. The first-order valence-electron chi connectivity index (χ1n) is 11.6. The van der Waals surface area contributed by atoms with Crippen LogP contribution >= 0.6 is 0 Å². The molecule has 4 rings (SSSR count). The number of rotatable bonds is 7. The van der Waals surface area contributed by atoms with Crippen LogP contribution in [0.2, 0.25) is 0 Å². The number of nitrogens with zero attached hydrogens (tertiary/aromatic N) is 4. The summed E-state index contributed by atoms with van der Waals surface area (Å²) in [5.74, 6) is -0.195. The lowest BCUT2D eigenvalue weighted by molar-refractivity contribution is -0.137. The monoisotopic (exact) mass is 495 g/mol. The van der Waals surface area contributed by atoms with Gasteiger partial charge in [0.15, 0.2) is 0 Å². The second-order valence-electron chi connectivity index (χ2n) is 8.86. The number of carbonyl (C=O) groups is 1. The molecule has 2 aromatic heterocycles. The third-order valence-electron chi connectivity index (χ3n) is 6.37. The van der Waals surface area contributed by atoms with Gasteiger partial charge in [-0.3, -0.25) is 9.48 Å². The summed E-state index contributed by atoms with van der Waals surface area (Å²) in [7, 11) is 0. The van der Waals surface area contributed by atoms with Gasteiger partial charge < -0.3 is 5.32 Å². The lowest BCUT2D eigenvalue weighted by atomic mass is 10.1. The third kappa shape index (κ3) is 5.35. The van der Waals surface area contributed by atoms with E-state index in [0.717, 1.165) is 34.6 Å². The van der Waals surface area contributed by atoms with E-state index in [1.54, 1.807) is 19.9 Å². The molecule has 0 spiro atoms. The Balaban J connectivity index is 1.46. The smallest absolute Gasteiger partial charge is 0.352 e. The van der Waals surface area contributed by atoms with Gasteiger partial charge >= 0.3 is 6.18 Å². The highest BCUT2D eigenvalue weighted by atomic mass is 19.4. The van der Waals surface area contributed by atoms with E-state index in [1.807, 2.05) is 48.9 Å². The van der Waals surface area contributed by atoms with Gasteiger partial charge in [0.2, 0.25) is 5.91 Å². The van der Waals surface area contributed by atoms with Gasteiger partial charge in [0.1, 0.15) is 0 Å². The summed E-state index contributed by atoms with van der Waals surface area (Å²) < 4.78 is 42.8. The molecule has 188 valence electrons. The van der Waals surface area contributed by atoms with Crippen LogP contribution in [0, 0.1) is 27.7 Å². The van der Waals surface area contributed by atoms with Crippen molar-refractivity contribution in [2.24, 2.45) is 0 Å². The lowest BCUT2D eigenvalue weighted by Crippen LogP contribution is -2.25. The van der Waals surface area contributed by atoms with Crippen molar-refractivity contribution in [1.29, 1.82) is 0 Å². The molecule has 36 heavy (non-hydrogen) atoms. The number of benzene rings is 2. The largest absolute Gasteiger partial charge is 0.416 e. The van der Waals surface area contributed by atoms with Crippen molar-refractivity contribution >= 4 is 5.91 Å². The number of carbonyl (C=O) groups excluding carboxylic acids is 1. The summed E-state index contributed by atoms with van der Waals surface area (Å²) in [6, 6.07) is 15.0. The van der Waals surface area contributed by atoms with Crippen LogP contribution in [0.4, 0.5) is 13.2 Å². The maximum Gasteiger partial charge on any atom is 0.416 e. The minimum atomic E-state index is -4.44. The van der Waals surface area contributed by atoms with Crippen LogP contribution in [-0.2, 0) is 30.5 Å². The fourth-order valence-corrected chi connectivity index (χ4v) is 4.31. The maximum atomic E-state index is 13.1. The number of nitrogens with one attached hydrogen (secondary N) is 1. The highest BCUT2D eigenvalue weighted by molar-refractivity contribution is 5.79. The zero-order chi connectivity index (χ0) is 26.0. The Bertz CT molecular complexity index is 1390. The van der Waals surface area contributed by atoms with Crippen molar-refractivity contribution in [3.05, 3.63) is 99.6 Å². The van der Waals surface area contributed by atoms with Crippen LogP contribution < -0.4 is 5.32 Å². The lowest BCUT2D eigenvalue weighted by Gasteiger charge is -2.10.